The van der Waals surface area contributed by atoms with Gasteiger partial charge in [-0.2, -0.15) is 0 Å². The molecule has 29 heavy (non-hydrogen) atoms. The van der Waals surface area contributed by atoms with E-state index >= 15 is 0 Å². The SMILES string of the molecule is CC(C)(C)C(=O)OCC[C@H]1O[C@@H](COCc2ccccc2)C[C@H](O)[C@]1(C)CCO. The van der Waals surface area contributed by atoms with Crippen molar-refractivity contribution >= 4 is 5.97 Å². The molecule has 0 amide bonds. The van der Waals surface area contributed by atoms with Crippen molar-refractivity contribution in [3.05, 3.63) is 35.9 Å². The molecule has 2 rings (SSSR count). The lowest BCUT2D eigenvalue weighted by atomic mass is 9.71. The van der Waals surface area contributed by atoms with Gasteiger partial charge in [0.1, 0.15) is 0 Å². The minimum absolute atomic E-state index is 0.0373. The van der Waals surface area contributed by atoms with Gasteiger partial charge in [-0.25, -0.2) is 0 Å². The fourth-order valence-electron chi connectivity index (χ4n) is 3.61. The average molecular weight is 409 g/mol. The van der Waals surface area contributed by atoms with Gasteiger partial charge in [-0.3, -0.25) is 4.79 Å². The third-order valence-electron chi connectivity index (χ3n) is 5.63. The summed E-state index contributed by atoms with van der Waals surface area (Å²) in [6, 6.07) is 9.90. The van der Waals surface area contributed by atoms with Crippen molar-refractivity contribution in [1.29, 1.82) is 0 Å². The number of rotatable bonds is 9. The van der Waals surface area contributed by atoms with Gasteiger partial charge in [-0.05, 0) is 32.8 Å². The highest BCUT2D eigenvalue weighted by Crippen LogP contribution is 2.41. The fraction of sp³-hybridized carbons (Fsp3) is 0.696. The lowest BCUT2D eigenvalue weighted by Crippen LogP contribution is -2.53. The van der Waals surface area contributed by atoms with E-state index in [0.29, 0.717) is 32.5 Å². The number of esters is 1. The second-order valence-corrected chi connectivity index (χ2v) is 9.15. The first-order valence-electron chi connectivity index (χ1n) is 10.4. The Hall–Kier alpha value is -1.47. The van der Waals surface area contributed by atoms with Crippen molar-refractivity contribution in [2.24, 2.45) is 10.8 Å². The molecule has 6 heteroatoms. The summed E-state index contributed by atoms with van der Waals surface area (Å²) in [4.78, 5) is 12.0. The highest BCUT2D eigenvalue weighted by molar-refractivity contribution is 5.75. The molecule has 164 valence electrons. The number of carbonyl (C=O) groups excluding carboxylic acids is 1. The molecule has 6 nitrogen and oxygen atoms in total. The van der Waals surface area contributed by atoms with Gasteiger partial charge in [0.05, 0.1) is 43.5 Å². The smallest absolute Gasteiger partial charge is 0.311 e. The predicted octanol–water partition coefficient (Wildman–Crippen LogP) is 3.09. The number of ether oxygens (including phenoxy) is 3. The Labute approximate surface area is 174 Å². The summed E-state index contributed by atoms with van der Waals surface area (Å²) in [5.41, 5.74) is -0.0758. The van der Waals surface area contributed by atoms with Crippen LogP contribution in [0.1, 0.15) is 52.5 Å². The van der Waals surface area contributed by atoms with Crippen LogP contribution in [0.2, 0.25) is 0 Å². The summed E-state index contributed by atoms with van der Waals surface area (Å²) >= 11 is 0. The highest BCUT2D eigenvalue weighted by atomic mass is 16.6. The van der Waals surface area contributed by atoms with E-state index in [-0.39, 0.29) is 31.4 Å². The minimum Gasteiger partial charge on any atom is -0.465 e. The first-order valence-corrected chi connectivity index (χ1v) is 10.4. The maximum Gasteiger partial charge on any atom is 0.311 e. The largest absolute Gasteiger partial charge is 0.465 e. The standard InChI is InChI=1S/C23H36O6/c1-22(2,3)21(26)28-13-10-20-23(4,11-12-24)19(25)14-18(29-20)16-27-15-17-8-6-5-7-9-17/h5-9,18-20,24-25H,10-16H2,1-4H3/t18-,19+,20-,23+/m1/s1. The van der Waals surface area contributed by atoms with Crippen LogP contribution in [0.4, 0.5) is 0 Å². The molecule has 0 unspecified atom stereocenters. The molecule has 1 aromatic carbocycles. The normalized spacial score (nSPS) is 27.6. The zero-order valence-electron chi connectivity index (χ0n) is 18.1. The van der Waals surface area contributed by atoms with Crippen molar-refractivity contribution < 1.29 is 29.2 Å². The maximum atomic E-state index is 12.0. The zero-order valence-corrected chi connectivity index (χ0v) is 18.1. The molecule has 4 atom stereocenters. The molecule has 1 heterocycles. The van der Waals surface area contributed by atoms with Crippen LogP contribution in [0, 0.1) is 10.8 Å². The van der Waals surface area contributed by atoms with Crippen molar-refractivity contribution in [3.8, 4) is 0 Å². The van der Waals surface area contributed by atoms with E-state index in [2.05, 4.69) is 0 Å². The molecule has 0 bridgehead atoms. The molecule has 0 spiro atoms. The number of aliphatic hydroxyl groups is 2. The number of hydrogen-bond donors (Lipinski definition) is 2. The van der Waals surface area contributed by atoms with Gasteiger partial charge in [0, 0.05) is 24.9 Å². The van der Waals surface area contributed by atoms with Gasteiger partial charge in [-0.1, -0.05) is 37.3 Å². The second-order valence-electron chi connectivity index (χ2n) is 9.15. The lowest BCUT2D eigenvalue weighted by molar-refractivity contribution is -0.203. The van der Waals surface area contributed by atoms with Crippen molar-refractivity contribution in [2.75, 3.05) is 19.8 Å². The first-order chi connectivity index (χ1) is 13.7. The molecule has 0 aliphatic carbocycles. The number of hydrogen-bond acceptors (Lipinski definition) is 6. The zero-order chi connectivity index (χ0) is 21.5. The van der Waals surface area contributed by atoms with Gasteiger partial charge < -0.3 is 24.4 Å². The topological polar surface area (TPSA) is 85.2 Å². The fourth-order valence-corrected chi connectivity index (χ4v) is 3.61. The molecule has 0 saturated carbocycles. The molecule has 0 aromatic heterocycles. The third-order valence-corrected chi connectivity index (χ3v) is 5.63. The predicted molar refractivity (Wildman–Crippen MR) is 110 cm³/mol. The summed E-state index contributed by atoms with van der Waals surface area (Å²) in [5.74, 6) is -0.263. The van der Waals surface area contributed by atoms with E-state index in [1.807, 2.05) is 58.0 Å². The molecular weight excluding hydrogens is 372 g/mol. The summed E-state index contributed by atoms with van der Waals surface area (Å²) < 4.78 is 17.4. The van der Waals surface area contributed by atoms with Gasteiger partial charge >= 0.3 is 5.97 Å². The Kier molecular flexibility index (Phi) is 8.64. The van der Waals surface area contributed by atoms with E-state index in [9.17, 15) is 15.0 Å². The molecule has 0 radical (unpaired) electrons. The first kappa shape index (κ1) is 23.8. The van der Waals surface area contributed by atoms with Crippen LogP contribution in [0.3, 0.4) is 0 Å². The monoisotopic (exact) mass is 408 g/mol. The van der Waals surface area contributed by atoms with Crippen LogP contribution in [-0.2, 0) is 25.6 Å². The second kappa shape index (κ2) is 10.5. The van der Waals surface area contributed by atoms with Crippen LogP contribution in [-0.4, -0.2) is 54.3 Å². The van der Waals surface area contributed by atoms with Gasteiger partial charge in [0.2, 0.25) is 0 Å². The van der Waals surface area contributed by atoms with E-state index < -0.39 is 16.9 Å². The quantitative estimate of drug-likeness (QED) is 0.611. The molecule has 1 saturated heterocycles. The lowest BCUT2D eigenvalue weighted by Gasteiger charge is -2.47. The van der Waals surface area contributed by atoms with Crippen molar-refractivity contribution in [2.45, 2.75) is 71.9 Å². The molecule has 1 aliphatic rings. The Balaban J connectivity index is 1.93. The van der Waals surface area contributed by atoms with Crippen molar-refractivity contribution in [1.82, 2.24) is 0 Å². The van der Waals surface area contributed by atoms with Gasteiger partial charge in [-0.15, -0.1) is 0 Å². The highest BCUT2D eigenvalue weighted by Gasteiger charge is 2.47. The summed E-state index contributed by atoms with van der Waals surface area (Å²) in [6.07, 6.45) is 0.120. The molecule has 1 aliphatic heterocycles. The Bertz CT molecular complexity index is 626. The van der Waals surface area contributed by atoms with E-state index in [0.717, 1.165) is 5.56 Å². The van der Waals surface area contributed by atoms with E-state index in [1.165, 1.54) is 0 Å². The van der Waals surface area contributed by atoms with Gasteiger partial charge in [0.15, 0.2) is 0 Å². The van der Waals surface area contributed by atoms with E-state index in [4.69, 9.17) is 14.2 Å². The summed E-state index contributed by atoms with van der Waals surface area (Å²) in [6.45, 7) is 8.39. The van der Waals surface area contributed by atoms with Crippen LogP contribution in [0.15, 0.2) is 30.3 Å². The molecule has 1 fully saturated rings. The Morgan fingerprint density at radius 1 is 1.28 bits per heavy atom. The Morgan fingerprint density at radius 2 is 1.97 bits per heavy atom. The summed E-state index contributed by atoms with van der Waals surface area (Å²) in [7, 11) is 0. The third kappa shape index (κ3) is 6.78. The number of aliphatic hydroxyl groups excluding tert-OH is 2. The van der Waals surface area contributed by atoms with Crippen LogP contribution >= 0.6 is 0 Å². The van der Waals surface area contributed by atoms with Crippen LogP contribution in [0.25, 0.3) is 0 Å². The average Bonchev–Trinajstić information content (AvgIpc) is 2.66. The molecule has 1 aromatic rings. The van der Waals surface area contributed by atoms with Crippen LogP contribution < -0.4 is 0 Å². The summed E-state index contributed by atoms with van der Waals surface area (Å²) in [5, 5.41) is 20.3. The maximum absolute atomic E-state index is 12.0. The number of carbonyl (C=O) groups is 1. The molecule has 2 N–H and O–H groups in total. The van der Waals surface area contributed by atoms with Gasteiger partial charge in [0.25, 0.3) is 0 Å². The van der Waals surface area contributed by atoms with Crippen LogP contribution in [0.5, 0.6) is 0 Å². The van der Waals surface area contributed by atoms with E-state index in [1.54, 1.807) is 0 Å². The van der Waals surface area contributed by atoms with Crippen molar-refractivity contribution in [3.63, 3.8) is 0 Å². The molecular formula is C23H36O6. The Morgan fingerprint density at radius 3 is 2.59 bits per heavy atom. The number of benzene rings is 1. The minimum atomic E-state index is -0.628.